The minimum Gasteiger partial charge on any atom is -0.321 e. The summed E-state index contributed by atoms with van der Waals surface area (Å²) < 4.78 is 3.54. The summed E-state index contributed by atoms with van der Waals surface area (Å²) in [5.74, 6) is -0.248. The molecule has 2 N–H and O–H groups in total. The van der Waals surface area contributed by atoms with E-state index in [1.165, 1.54) is 6.33 Å². The number of aryl methyl sites for hydroxylation is 2. The molecule has 3 heterocycles. The van der Waals surface area contributed by atoms with Gasteiger partial charge in [-0.05, 0) is 37.6 Å². The first-order valence-corrected chi connectivity index (χ1v) is 8.80. The smallest absolute Gasteiger partial charge is 0.273 e. The molecular weight excluding hydrogens is 356 g/mol. The normalized spacial score (nSPS) is 11.0. The van der Waals surface area contributed by atoms with Gasteiger partial charge >= 0.3 is 0 Å². The van der Waals surface area contributed by atoms with Crippen molar-refractivity contribution in [2.24, 2.45) is 7.05 Å². The van der Waals surface area contributed by atoms with E-state index in [2.05, 4.69) is 30.7 Å². The third kappa shape index (κ3) is 3.41. The number of carbonyl (C=O) groups is 1. The van der Waals surface area contributed by atoms with Crippen LogP contribution in [-0.4, -0.2) is 40.6 Å². The predicted molar refractivity (Wildman–Crippen MR) is 104 cm³/mol. The summed E-state index contributed by atoms with van der Waals surface area (Å²) >= 11 is 0. The van der Waals surface area contributed by atoms with Gasteiger partial charge in [0.1, 0.15) is 18.3 Å². The van der Waals surface area contributed by atoms with E-state index in [-0.39, 0.29) is 5.91 Å². The van der Waals surface area contributed by atoms with Crippen LogP contribution in [-0.2, 0) is 13.6 Å². The van der Waals surface area contributed by atoms with Crippen LogP contribution < -0.4 is 5.32 Å². The average molecular weight is 376 g/mol. The number of hydrogen-bond donors (Lipinski definition) is 2. The molecule has 0 fully saturated rings. The van der Waals surface area contributed by atoms with E-state index >= 15 is 0 Å². The third-order valence-electron chi connectivity index (χ3n) is 4.61. The standard InChI is InChI=1S/C19H20N8O/c1-12-18(13(2)26(3)25-12)16-8-17(24-23-16)19(28)22-15-6-4-14(5-7-15)9-27-11-20-10-21-27/h4-8,10-11H,9H2,1-3H3,(H,22,28)(H,23,24). The number of anilines is 1. The van der Waals surface area contributed by atoms with Gasteiger partial charge in [0, 0.05) is 24.0 Å². The van der Waals surface area contributed by atoms with Crippen LogP contribution in [0.5, 0.6) is 0 Å². The largest absolute Gasteiger partial charge is 0.321 e. The number of H-pyrrole nitrogens is 1. The molecule has 0 saturated carbocycles. The molecule has 0 atom stereocenters. The highest BCUT2D eigenvalue weighted by Crippen LogP contribution is 2.25. The highest BCUT2D eigenvalue weighted by atomic mass is 16.1. The van der Waals surface area contributed by atoms with Gasteiger partial charge in [0.05, 0.1) is 17.9 Å². The molecule has 0 aliphatic heterocycles. The maximum atomic E-state index is 12.5. The summed E-state index contributed by atoms with van der Waals surface area (Å²) in [5, 5.41) is 18.5. The number of nitrogens with one attached hydrogen (secondary N) is 2. The monoisotopic (exact) mass is 376 g/mol. The van der Waals surface area contributed by atoms with Crippen LogP contribution in [0.3, 0.4) is 0 Å². The fraction of sp³-hybridized carbons (Fsp3) is 0.211. The molecule has 9 nitrogen and oxygen atoms in total. The molecule has 28 heavy (non-hydrogen) atoms. The SMILES string of the molecule is Cc1nn(C)c(C)c1-c1cc(C(=O)Nc2ccc(Cn3cncn3)cc2)[nH]n1. The quantitative estimate of drug-likeness (QED) is 0.556. The number of aromatic amines is 1. The second-order valence-corrected chi connectivity index (χ2v) is 6.58. The van der Waals surface area contributed by atoms with E-state index < -0.39 is 0 Å². The van der Waals surface area contributed by atoms with E-state index in [0.717, 1.165) is 22.5 Å². The molecule has 4 rings (SSSR count). The highest BCUT2D eigenvalue weighted by molar-refractivity contribution is 6.03. The fourth-order valence-electron chi connectivity index (χ4n) is 3.10. The molecule has 9 heteroatoms. The van der Waals surface area contributed by atoms with Gasteiger partial charge in [0.25, 0.3) is 5.91 Å². The van der Waals surface area contributed by atoms with Crippen molar-refractivity contribution in [3.63, 3.8) is 0 Å². The Bertz CT molecular complexity index is 1110. The van der Waals surface area contributed by atoms with Crippen molar-refractivity contribution in [3.05, 3.63) is 65.6 Å². The molecule has 1 aromatic carbocycles. The maximum absolute atomic E-state index is 12.5. The topological polar surface area (TPSA) is 106 Å². The Balaban J connectivity index is 1.46. The molecule has 0 aliphatic rings. The summed E-state index contributed by atoms with van der Waals surface area (Å²) in [6.07, 6.45) is 3.17. The Morgan fingerprint density at radius 3 is 2.64 bits per heavy atom. The first-order chi connectivity index (χ1) is 13.5. The summed E-state index contributed by atoms with van der Waals surface area (Å²) in [6.45, 7) is 4.53. The minimum atomic E-state index is -0.248. The first kappa shape index (κ1) is 17.7. The summed E-state index contributed by atoms with van der Waals surface area (Å²) in [6, 6.07) is 9.34. The molecule has 0 aliphatic carbocycles. The molecule has 0 radical (unpaired) electrons. The Kier molecular flexibility index (Phi) is 4.48. The van der Waals surface area contributed by atoms with Crippen LogP contribution in [0.25, 0.3) is 11.3 Å². The Labute approximate surface area is 161 Å². The van der Waals surface area contributed by atoms with Crippen LogP contribution in [0.4, 0.5) is 5.69 Å². The number of hydrogen-bond acceptors (Lipinski definition) is 5. The third-order valence-corrected chi connectivity index (χ3v) is 4.61. The van der Waals surface area contributed by atoms with Crippen molar-refractivity contribution in [2.75, 3.05) is 5.32 Å². The lowest BCUT2D eigenvalue weighted by molar-refractivity contribution is 0.102. The molecule has 0 spiro atoms. The lowest BCUT2D eigenvalue weighted by atomic mass is 10.1. The molecule has 0 saturated heterocycles. The molecule has 1 amide bonds. The van der Waals surface area contributed by atoms with Gasteiger partial charge < -0.3 is 5.32 Å². The lowest BCUT2D eigenvalue weighted by Gasteiger charge is -2.05. The predicted octanol–water partition coefficient (Wildman–Crippen LogP) is 2.32. The number of amides is 1. The second kappa shape index (κ2) is 7.10. The molecule has 0 unspecified atom stereocenters. The Hall–Kier alpha value is -3.75. The Morgan fingerprint density at radius 1 is 1.21 bits per heavy atom. The van der Waals surface area contributed by atoms with Gasteiger partial charge in [-0.25, -0.2) is 9.67 Å². The van der Waals surface area contributed by atoms with Crippen LogP contribution in [0.2, 0.25) is 0 Å². The number of rotatable bonds is 5. The summed E-state index contributed by atoms with van der Waals surface area (Å²) in [5.41, 5.74) is 5.68. The van der Waals surface area contributed by atoms with Gasteiger partial charge in [-0.1, -0.05) is 12.1 Å². The number of nitrogens with zero attached hydrogens (tertiary/aromatic N) is 6. The lowest BCUT2D eigenvalue weighted by Crippen LogP contribution is -2.12. The first-order valence-electron chi connectivity index (χ1n) is 8.80. The van der Waals surface area contributed by atoms with Crippen molar-refractivity contribution in [1.82, 2.24) is 34.7 Å². The van der Waals surface area contributed by atoms with Crippen molar-refractivity contribution in [2.45, 2.75) is 20.4 Å². The van der Waals surface area contributed by atoms with Crippen molar-refractivity contribution in [3.8, 4) is 11.3 Å². The van der Waals surface area contributed by atoms with Gasteiger partial charge in [-0.3, -0.25) is 14.6 Å². The second-order valence-electron chi connectivity index (χ2n) is 6.58. The van der Waals surface area contributed by atoms with Crippen LogP contribution in [0, 0.1) is 13.8 Å². The van der Waals surface area contributed by atoms with E-state index in [4.69, 9.17) is 0 Å². The number of carbonyl (C=O) groups excluding carboxylic acids is 1. The molecule has 142 valence electrons. The van der Waals surface area contributed by atoms with E-state index in [0.29, 0.717) is 23.6 Å². The molecule has 4 aromatic rings. The Morgan fingerprint density at radius 2 is 2.00 bits per heavy atom. The summed E-state index contributed by atoms with van der Waals surface area (Å²) in [4.78, 5) is 16.5. The van der Waals surface area contributed by atoms with Gasteiger partial charge in [0.15, 0.2) is 0 Å². The zero-order valence-electron chi connectivity index (χ0n) is 15.8. The zero-order valence-corrected chi connectivity index (χ0v) is 15.8. The van der Waals surface area contributed by atoms with Gasteiger partial charge in [-0.15, -0.1) is 0 Å². The van der Waals surface area contributed by atoms with E-state index in [9.17, 15) is 4.79 Å². The fourth-order valence-corrected chi connectivity index (χ4v) is 3.10. The van der Waals surface area contributed by atoms with E-state index in [1.54, 1.807) is 21.8 Å². The summed E-state index contributed by atoms with van der Waals surface area (Å²) in [7, 11) is 1.89. The van der Waals surface area contributed by atoms with Crippen molar-refractivity contribution >= 4 is 11.6 Å². The number of benzene rings is 1. The van der Waals surface area contributed by atoms with Crippen LogP contribution >= 0.6 is 0 Å². The molecule has 3 aromatic heterocycles. The van der Waals surface area contributed by atoms with E-state index in [1.807, 2.05) is 45.2 Å². The molecular formula is C19H20N8O. The maximum Gasteiger partial charge on any atom is 0.273 e. The molecule has 0 bridgehead atoms. The highest BCUT2D eigenvalue weighted by Gasteiger charge is 2.17. The average Bonchev–Trinajstić information content (AvgIpc) is 3.39. The van der Waals surface area contributed by atoms with Crippen molar-refractivity contribution < 1.29 is 4.79 Å². The zero-order chi connectivity index (χ0) is 19.7. The minimum absolute atomic E-state index is 0.248. The number of aromatic nitrogens is 7. The van der Waals surface area contributed by atoms with Crippen LogP contribution in [0.1, 0.15) is 27.4 Å². The van der Waals surface area contributed by atoms with Gasteiger partial charge in [0.2, 0.25) is 0 Å². The van der Waals surface area contributed by atoms with Crippen molar-refractivity contribution in [1.29, 1.82) is 0 Å². The van der Waals surface area contributed by atoms with Crippen LogP contribution in [0.15, 0.2) is 43.0 Å². The van der Waals surface area contributed by atoms with Gasteiger partial charge in [-0.2, -0.15) is 15.3 Å².